The van der Waals surface area contributed by atoms with Gasteiger partial charge in [0.2, 0.25) is 5.91 Å². The lowest BCUT2D eigenvalue weighted by Gasteiger charge is -2.34. The van der Waals surface area contributed by atoms with E-state index in [0.29, 0.717) is 13.2 Å². The molecule has 3 heterocycles. The second-order valence-electron chi connectivity index (χ2n) is 4.81. The summed E-state index contributed by atoms with van der Waals surface area (Å²) in [5.74, 6) is 0.248. The van der Waals surface area contributed by atoms with Crippen LogP contribution in [0.4, 0.5) is 0 Å². The first kappa shape index (κ1) is 12.1. The van der Waals surface area contributed by atoms with Gasteiger partial charge in [-0.1, -0.05) is 6.07 Å². The number of rotatable bonds is 2. The minimum Gasteiger partial charge on any atom is -0.369 e. The number of carbonyl (C=O) groups excluding carboxylic acids is 1. The van der Waals surface area contributed by atoms with Crippen LogP contribution < -0.4 is 5.32 Å². The molecule has 2 saturated heterocycles. The standard InChI is InChI=1S/C13H18N2O2S/c16-13(10-3-1-5-14-10)15-6-7-17-11(9-15)12-4-2-8-18-12/h2,4,8,10-11,14H,1,3,5-7,9H2. The Morgan fingerprint density at radius 1 is 1.56 bits per heavy atom. The summed E-state index contributed by atoms with van der Waals surface area (Å²) in [6.07, 6.45) is 2.14. The molecule has 4 nitrogen and oxygen atoms in total. The molecule has 2 aliphatic heterocycles. The maximum Gasteiger partial charge on any atom is 0.239 e. The maximum absolute atomic E-state index is 12.3. The minimum atomic E-state index is 0.0343. The van der Waals surface area contributed by atoms with Gasteiger partial charge in [0.25, 0.3) is 0 Å². The van der Waals surface area contributed by atoms with Crippen LogP contribution in [0.2, 0.25) is 0 Å². The number of morpholine rings is 1. The van der Waals surface area contributed by atoms with Crippen molar-refractivity contribution in [2.45, 2.75) is 25.0 Å². The molecule has 2 aliphatic rings. The van der Waals surface area contributed by atoms with E-state index in [0.717, 1.165) is 25.9 Å². The Balaban J connectivity index is 1.64. The minimum absolute atomic E-state index is 0.0343. The molecule has 0 aromatic carbocycles. The van der Waals surface area contributed by atoms with Crippen LogP contribution >= 0.6 is 11.3 Å². The second-order valence-corrected chi connectivity index (χ2v) is 5.79. The van der Waals surface area contributed by atoms with E-state index in [1.54, 1.807) is 11.3 Å². The number of nitrogens with one attached hydrogen (secondary N) is 1. The van der Waals surface area contributed by atoms with Crippen LogP contribution in [0.3, 0.4) is 0 Å². The van der Waals surface area contributed by atoms with Crippen molar-refractivity contribution in [1.29, 1.82) is 0 Å². The summed E-state index contributed by atoms with van der Waals surface area (Å²) < 4.78 is 5.76. The van der Waals surface area contributed by atoms with E-state index in [1.165, 1.54) is 4.88 Å². The average molecular weight is 266 g/mol. The van der Waals surface area contributed by atoms with Crippen molar-refractivity contribution in [3.63, 3.8) is 0 Å². The predicted octanol–water partition coefficient (Wildman–Crippen LogP) is 1.40. The van der Waals surface area contributed by atoms with Crippen LogP contribution in [0.15, 0.2) is 17.5 Å². The molecule has 5 heteroatoms. The molecule has 2 unspecified atom stereocenters. The number of nitrogens with zero attached hydrogens (tertiary/aromatic N) is 1. The highest BCUT2D eigenvalue weighted by molar-refractivity contribution is 7.10. The average Bonchev–Trinajstić information content (AvgIpc) is 3.11. The summed E-state index contributed by atoms with van der Waals surface area (Å²) in [5.41, 5.74) is 0. The first-order valence-corrected chi connectivity index (χ1v) is 7.40. The molecule has 0 aliphatic carbocycles. The molecular formula is C13H18N2O2S. The molecule has 1 N–H and O–H groups in total. The zero-order valence-electron chi connectivity index (χ0n) is 10.3. The highest BCUT2D eigenvalue weighted by atomic mass is 32.1. The summed E-state index contributed by atoms with van der Waals surface area (Å²) in [7, 11) is 0. The van der Waals surface area contributed by atoms with Gasteiger partial charge in [0.15, 0.2) is 0 Å². The molecule has 0 spiro atoms. The third-order valence-corrected chi connectivity index (χ3v) is 4.56. The first-order chi connectivity index (χ1) is 8.84. The third-order valence-electron chi connectivity index (χ3n) is 3.60. The van der Waals surface area contributed by atoms with Gasteiger partial charge >= 0.3 is 0 Å². The van der Waals surface area contributed by atoms with Crippen molar-refractivity contribution in [2.75, 3.05) is 26.2 Å². The van der Waals surface area contributed by atoms with Crippen LogP contribution in [0.5, 0.6) is 0 Å². The van der Waals surface area contributed by atoms with Gasteiger partial charge in [-0.2, -0.15) is 0 Å². The van der Waals surface area contributed by atoms with Gasteiger partial charge in [-0.15, -0.1) is 11.3 Å². The summed E-state index contributed by atoms with van der Waals surface area (Å²) in [6.45, 7) is 3.02. The summed E-state index contributed by atoms with van der Waals surface area (Å²) >= 11 is 1.70. The number of thiophene rings is 1. The zero-order chi connectivity index (χ0) is 12.4. The number of hydrogen-bond acceptors (Lipinski definition) is 4. The van der Waals surface area contributed by atoms with Crippen molar-refractivity contribution < 1.29 is 9.53 Å². The Kier molecular flexibility index (Phi) is 3.63. The predicted molar refractivity (Wildman–Crippen MR) is 70.6 cm³/mol. The van der Waals surface area contributed by atoms with Gasteiger partial charge in [-0.25, -0.2) is 0 Å². The molecule has 1 amide bonds. The highest BCUT2D eigenvalue weighted by Gasteiger charge is 2.31. The fraction of sp³-hybridized carbons (Fsp3) is 0.615. The van der Waals surface area contributed by atoms with Crippen molar-refractivity contribution in [2.24, 2.45) is 0 Å². The van der Waals surface area contributed by atoms with Gasteiger partial charge < -0.3 is 15.0 Å². The van der Waals surface area contributed by atoms with Crippen molar-refractivity contribution in [3.8, 4) is 0 Å². The molecule has 18 heavy (non-hydrogen) atoms. The van der Waals surface area contributed by atoms with Gasteiger partial charge in [0.05, 0.1) is 19.2 Å². The lowest BCUT2D eigenvalue weighted by Crippen LogP contribution is -2.49. The highest BCUT2D eigenvalue weighted by Crippen LogP contribution is 2.26. The Morgan fingerprint density at radius 2 is 2.50 bits per heavy atom. The Hall–Kier alpha value is -0.910. The van der Waals surface area contributed by atoms with Crippen molar-refractivity contribution >= 4 is 17.2 Å². The normalized spacial score (nSPS) is 28.6. The zero-order valence-corrected chi connectivity index (χ0v) is 11.1. The molecule has 0 bridgehead atoms. The molecular weight excluding hydrogens is 248 g/mol. The van der Waals surface area contributed by atoms with Gasteiger partial charge in [0.1, 0.15) is 6.10 Å². The van der Waals surface area contributed by atoms with E-state index < -0.39 is 0 Å². The molecule has 2 fully saturated rings. The largest absolute Gasteiger partial charge is 0.369 e. The Morgan fingerprint density at radius 3 is 3.22 bits per heavy atom. The molecule has 3 rings (SSSR count). The quantitative estimate of drug-likeness (QED) is 0.880. The SMILES string of the molecule is O=C(C1CCCN1)N1CCOC(c2cccs2)C1. The van der Waals surface area contributed by atoms with Crippen LogP contribution in [0, 0.1) is 0 Å². The summed E-state index contributed by atoms with van der Waals surface area (Å²) in [6, 6.07) is 4.15. The van der Waals surface area contributed by atoms with Crippen LogP contribution in [0.1, 0.15) is 23.8 Å². The second kappa shape index (κ2) is 5.38. The van der Waals surface area contributed by atoms with Gasteiger partial charge in [0, 0.05) is 11.4 Å². The maximum atomic E-state index is 12.3. The van der Waals surface area contributed by atoms with E-state index in [9.17, 15) is 4.79 Å². The van der Waals surface area contributed by atoms with Crippen molar-refractivity contribution in [1.82, 2.24) is 10.2 Å². The molecule has 1 aromatic rings. The van der Waals surface area contributed by atoms with E-state index in [-0.39, 0.29) is 18.1 Å². The lowest BCUT2D eigenvalue weighted by atomic mass is 10.1. The third kappa shape index (κ3) is 2.43. The molecule has 98 valence electrons. The van der Waals surface area contributed by atoms with Gasteiger partial charge in [-0.05, 0) is 30.8 Å². The Bertz CT molecular complexity index is 401. The fourth-order valence-corrected chi connectivity index (χ4v) is 3.38. The topological polar surface area (TPSA) is 41.6 Å². The number of carbonyl (C=O) groups is 1. The Labute approximate surface area is 111 Å². The lowest BCUT2D eigenvalue weighted by molar-refractivity contribution is -0.140. The molecule has 0 saturated carbocycles. The van der Waals surface area contributed by atoms with E-state index in [1.807, 2.05) is 11.0 Å². The number of amides is 1. The number of hydrogen-bond donors (Lipinski definition) is 1. The molecule has 2 atom stereocenters. The van der Waals surface area contributed by atoms with E-state index in [2.05, 4.69) is 16.8 Å². The molecule has 1 aromatic heterocycles. The van der Waals surface area contributed by atoms with Crippen molar-refractivity contribution in [3.05, 3.63) is 22.4 Å². The summed E-state index contributed by atoms with van der Waals surface area (Å²) in [4.78, 5) is 15.5. The smallest absolute Gasteiger partial charge is 0.239 e. The number of ether oxygens (including phenoxy) is 1. The fourth-order valence-electron chi connectivity index (χ4n) is 2.61. The monoisotopic (exact) mass is 266 g/mol. The van der Waals surface area contributed by atoms with Crippen LogP contribution in [-0.2, 0) is 9.53 Å². The molecule has 0 radical (unpaired) electrons. The van der Waals surface area contributed by atoms with Gasteiger partial charge in [-0.3, -0.25) is 4.79 Å². The van der Waals surface area contributed by atoms with Crippen LogP contribution in [0.25, 0.3) is 0 Å². The van der Waals surface area contributed by atoms with E-state index in [4.69, 9.17) is 4.74 Å². The first-order valence-electron chi connectivity index (χ1n) is 6.52. The van der Waals surface area contributed by atoms with Crippen LogP contribution in [-0.4, -0.2) is 43.1 Å². The van der Waals surface area contributed by atoms with E-state index >= 15 is 0 Å². The summed E-state index contributed by atoms with van der Waals surface area (Å²) in [5, 5.41) is 5.33.